The van der Waals surface area contributed by atoms with Gasteiger partial charge in [0.2, 0.25) is 0 Å². The van der Waals surface area contributed by atoms with Crippen LogP contribution in [0.1, 0.15) is 4.88 Å². The molecule has 6 heteroatoms. The van der Waals surface area contributed by atoms with Crippen LogP contribution in [0.5, 0.6) is 5.75 Å². The van der Waals surface area contributed by atoms with Crippen molar-refractivity contribution in [3.63, 3.8) is 0 Å². The molecule has 2 rings (SSSR count). The number of benzene rings is 1. The van der Waals surface area contributed by atoms with Crippen LogP contribution in [-0.2, 0) is 10.1 Å². The van der Waals surface area contributed by atoms with E-state index >= 15 is 0 Å². The summed E-state index contributed by atoms with van der Waals surface area (Å²) in [6.45, 7) is 1.80. The van der Waals surface area contributed by atoms with Crippen LogP contribution in [-0.4, -0.2) is 8.42 Å². The zero-order valence-corrected chi connectivity index (χ0v) is 10.5. The molecule has 2 aromatic rings. The number of hydrogen-bond acceptors (Lipinski definition) is 4. The molecule has 17 heavy (non-hydrogen) atoms. The summed E-state index contributed by atoms with van der Waals surface area (Å²) < 4.78 is 41.4. The zero-order chi connectivity index (χ0) is 12.5. The summed E-state index contributed by atoms with van der Waals surface area (Å²) in [5.74, 6) is -0.573. The molecule has 0 atom stereocenters. The lowest BCUT2D eigenvalue weighted by molar-refractivity contribution is 0.485. The number of thiophene rings is 1. The minimum Gasteiger partial charge on any atom is -0.378 e. The van der Waals surface area contributed by atoms with Gasteiger partial charge in [-0.2, -0.15) is 8.42 Å². The third kappa shape index (κ3) is 2.83. The van der Waals surface area contributed by atoms with Crippen LogP contribution < -0.4 is 4.18 Å². The SMILES string of the molecule is Cc1ccc(S(=O)(=O)Oc2cccc(F)c2)s1. The Hall–Kier alpha value is -1.40. The fourth-order valence-corrected chi connectivity index (χ4v) is 3.40. The molecule has 0 saturated heterocycles. The summed E-state index contributed by atoms with van der Waals surface area (Å²) in [7, 11) is -3.86. The normalized spacial score (nSPS) is 11.4. The van der Waals surface area contributed by atoms with Gasteiger partial charge in [0, 0.05) is 10.9 Å². The number of hydrogen-bond donors (Lipinski definition) is 0. The summed E-state index contributed by atoms with van der Waals surface area (Å²) in [4.78, 5) is 0.867. The molecule has 0 amide bonds. The molecule has 3 nitrogen and oxygen atoms in total. The van der Waals surface area contributed by atoms with Crippen molar-refractivity contribution in [2.24, 2.45) is 0 Å². The Balaban J connectivity index is 2.29. The molecular weight excluding hydrogens is 263 g/mol. The first-order chi connectivity index (χ1) is 7.97. The molecule has 1 aromatic carbocycles. The van der Waals surface area contributed by atoms with E-state index in [1.165, 1.54) is 24.3 Å². The van der Waals surface area contributed by atoms with E-state index in [4.69, 9.17) is 4.18 Å². The Morgan fingerprint density at radius 3 is 2.59 bits per heavy atom. The molecule has 1 aromatic heterocycles. The van der Waals surface area contributed by atoms with Gasteiger partial charge in [-0.3, -0.25) is 0 Å². The lowest BCUT2D eigenvalue weighted by Gasteiger charge is -2.04. The minimum atomic E-state index is -3.86. The summed E-state index contributed by atoms with van der Waals surface area (Å²) in [5.41, 5.74) is 0. The van der Waals surface area contributed by atoms with Crippen molar-refractivity contribution >= 4 is 21.5 Å². The van der Waals surface area contributed by atoms with Crippen LogP contribution in [0.25, 0.3) is 0 Å². The highest BCUT2D eigenvalue weighted by Crippen LogP contribution is 2.24. The molecule has 0 aliphatic rings. The van der Waals surface area contributed by atoms with Gasteiger partial charge in [-0.1, -0.05) is 6.07 Å². The van der Waals surface area contributed by atoms with Crippen molar-refractivity contribution in [3.8, 4) is 5.75 Å². The molecule has 0 unspecified atom stereocenters. The lowest BCUT2D eigenvalue weighted by atomic mass is 10.3. The average molecular weight is 272 g/mol. The third-order valence-corrected chi connectivity index (χ3v) is 4.66. The Morgan fingerprint density at radius 1 is 1.24 bits per heavy atom. The van der Waals surface area contributed by atoms with Crippen molar-refractivity contribution in [2.45, 2.75) is 11.1 Å². The molecule has 0 radical (unpaired) electrons. The van der Waals surface area contributed by atoms with E-state index in [1.807, 2.05) is 0 Å². The van der Waals surface area contributed by atoms with Crippen LogP contribution in [0.2, 0.25) is 0 Å². The van der Waals surface area contributed by atoms with Crippen molar-refractivity contribution < 1.29 is 17.0 Å². The molecule has 0 bridgehead atoms. The molecule has 0 aliphatic carbocycles. The molecule has 0 fully saturated rings. The van der Waals surface area contributed by atoms with Gasteiger partial charge in [0.15, 0.2) is 4.21 Å². The second-order valence-corrected chi connectivity index (χ2v) is 6.42. The largest absolute Gasteiger partial charge is 0.378 e. The predicted molar refractivity (Wildman–Crippen MR) is 63.3 cm³/mol. The van der Waals surface area contributed by atoms with E-state index in [-0.39, 0.29) is 9.96 Å². The second-order valence-electron chi connectivity index (χ2n) is 3.36. The molecule has 0 saturated carbocycles. The van der Waals surface area contributed by atoms with Crippen molar-refractivity contribution in [1.29, 1.82) is 0 Å². The maximum absolute atomic E-state index is 12.9. The summed E-state index contributed by atoms with van der Waals surface area (Å²) in [5, 5.41) is 0. The van der Waals surface area contributed by atoms with Crippen LogP contribution in [0.3, 0.4) is 0 Å². The summed E-state index contributed by atoms with van der Waals surface area (Å²) >= 11 is 1.11. The van der Waals surface area contributed by atoms with Crippen molar-refractivity contribution in [2.75, 3.05) is 0 Å². The van der Waals surface area contributed by atoms with Crippen LogP contribution >= 0.6 is 11.3 Å². The van der Waals surface area contributed by atoms with E-state index < -0.39 is 15.9 Å². The Labute approximate surface area is 103 Å². The average Bonchev–Trinajstić information content (AvgIpc) is 2.65. The van der Waals surface area contributed by atoms with Crippen molar-refractivity contribution in [1.82, 2.24) is 0 Å². The molecule has 90 valence electrons. The van der Waals surface area contributed by atoms with Gasteiger partial charge < -0.3 is 4.18 Å². The van der Waals surface area contributed by atoms with Crippen LogP contribution in [0.15, 0.2) is 40.6 Å². The molecule has 0 spiro atoms. The Kier molecular flexibility index (Phi) is 3.17. The highest BCUT2D eigenvalue weighted by Gasteiger charge is 2.18. The molecule has 0 aliphatic heterocycles. The van der Waals surface area contributed by atoms with Gasteiger partial charge in [0.1, 0.15) is 11.6 Å². The fraction of sp³-hybridized carbons (Fsp3) is 0.0909. The predicted octanol–water partition coefficient (Wildman–Crippen LogP) is 2.96. The first-order valence-corrected chi connectivity index (χ1v) is 6.96. The highest BCUT2D eigenvalue weighted by molar-refractivity contribution is 7.89. The Morgan fingerprint density at radius 2 is 2.00 bits per heavy atom. The number of rotatable bonds is 3. The van der Waals surface area contributed by atoms with Gasteiger partial charge in [-0.25, -0.2) is 4.39 Å². The second kappa shape index (κ2) is 4.46. The van der Waals surface area contributed by atoms with Gasteiger partial charge in [-0.15, -0.1) is 11.3 Å². The lowest BCUT2D eigenvalue weighted by Crippen LogP contribution is -2.07. The Bertz CT molecular complexity index is 632. The fourth-order valence-electron chi connectivity index (χ4n) is 1.23. The highest BCUT2D eigenvalue weighted by atomic mass is 32.3. The summed E-state index contributed by atoms with van der Waals surface area (Å²) in [6.07, 6.45) is 0. The van der Waals surface area contributed by atoms with E-state index in [0.717, 1.165) is 22.3 Å². The third-order valence-electron chi connectivity index (χ3n) is 1.96. The van der Waals surface area contributed by atoms with Gasteiger partial charge in [0.25, 0.3) is 0 Å². The standard InChI is InChI=1S/C11H9FO3S2/c1-8-5-6-11(16-8)17(13,14)15-10-4-2-3-9(12)7-10/h2-7H,1H3. The topological polar surface area (TPSA) is 43.4 Å². The number of aryl methyl sites for hydroxylation is 1. The van der Waals surface area contributed by atoms with Crippen LogP contribution in [0, 0.1) is 12.7 Å². The number of halogens is 1. The smallest absolute Gasteiger partial charge is 0.348 e. The van der Waals surface area contributed by atoms with E-state index in [1.54, 1.807) is 13.0 Å². The van der Waals surface area contributed by atoms with Crippen LogP contribution in [0.4, 0.5) is 4.39 Å². The maximum atomic E-state index is 12.9. The van der Waals surface area contributed by atoms with Gasteiger partial charge in [0.05, 0.1) is 0 Å². The van der Waals surface area contributed by atoms with E-state index in [9.17, 15) is 12.8 Å². The maximum Gasteiger partial charge on any atom is 0.348 e. The first kappa shape index (κ1) is 12.1. The molecule has 0 N–H and O–H groups in total. The van der Waals surface area contributed by atoms with Crippen molar-refractivity contribution in [3.05, 3.63) is 47.1 Å². The minimum absolute atomic E-state index is 0.0314. The summed E-state index contributed by atoms with van der Waals surface area (Å²) in [6, 6.07) is 8.18. The first-order valence-electron chi connectivity index (χ1n) is 4.74. The van der Waals surface area contributed by atoms with Gasteiger partial charge >= 0.3 is 10.1 Å². The monoisotopic (exact) mass is 272 g/mol. The van der Waals surface area contributed by atoms with E-state index in [2.05, 4.69) is 0 Å². The molecular formula is C11H9FO3S2. The quantitative estimate of drug-likeness (QED) is 0.807. The van der Waals surface area contributed by atoms with E-state index in [0.29, 0.717) is 0 Å². The van der Waals surface area contributed by atoms with Gasteiger partial charge in [-0.05, 0) is 31.2 Å². The molecule has 1 heterocycles. The zero-order valence-electron chi connectivity index (χ0n) is 8.88.